The molecule has 1 amide bonds. The highest BCUT2D eigenvalue weighted by Crippen LogP contribution is 2.24. The fourth-order valence-corrected chi connectivity index (χ4v) is 2.19. The molecule has 0 saturated carbocycles. The zero-order valence-electron chi connectivity index (χ0n) is 9.35. The molecule has 2 heterocycles. The molecular weight excluding hydrogens is 304 g/mol. The molecule has 0 radical (unpaired) electrons. The predicted octanol–water partition coefficient (Wildman–Crippen LogP) is 1.44. The van der Waals surface area contributed by atoms with Gasteiger partial charge in [0.25, 0.3) is 5.69 Å². The summed E-state index contributed by atoms with van der Waals surface area (Å²) in [6, 6.07) is 1.48. The van der Waals surface area contributed by atoms with Gasteiger partial charge in [-0.3, -0.25) is 14.9 Å². The maximum atomic E-state index is 11.0. The van der Waals surface area contributed by atoms with Crippen LogP contribution in [0.4, 0.5) is 11.5 Å². The summed E-state index contributed by atoms with van der Waals surface area (Å²) < 4.78 is 0.529. The molecule has 0 aromatic carbocycles. The van der Waals surface area contributed by atoms with Crippen LogP contribution in [0.15, 0.2) is 16.7 Å². The number of halogens is 1. The van der Waals surface area contributed by atoms with E-state index in [2.05, 4.69) is 31.5 Å². The molecule has 0 aliphatic carbocycles. The number of hydrogen-bond acceptors (Lipinski definition) is 5. The normalized spacial score (nSPS) is 18.5. The van der Waals surface area contributed by atoms with Gasteiger partial charge in [-0.25, -0.2) is 4.98 Å². The van der Waals surface area contributed by atoms with Crippen LogP contribution in [-0.2, 0) is 4.79 Å². The molecule has 1 saturated heterocycles. The van der Waals surface area contributed by atoms with Gasteiger partial charge >= 0.3 is 0 Å². The van der Waals surface area contributed by atoms with Crippen molar-refractivity contribution in [3.63, 3.8) is 0 Å². The number of nitrogens with one attached hydrogen (secondary N) is 2. The van der Waals surface area contributed by atoms with Crippen molar-refractivity contribution < 1.29 is 9.72 Å². The van der Waals surface area contributed by atoms with E-state index in [0.29, 0.717) is 23.3 Å². The third kappa shape index (κ3) is 2.95. The molecule has 1 aliphatic rings. The Hall–Kier alpha value is -1.70. The number of carbonyl (C=O) groups excluding carboxylic acids is 1. The summed E-state index contributed by atoms with van der Waals surface area (Å²) in [5, 5.41) is 16.4. The van der Waals surface area contributed by atoms with Gasteiger partial charge in [0.15, 0.2) is 0 Å². The van der Waals surface area contributed by atoms with Crippen LogP contribution in [-0.4, -0.2) is 28.4 Å². The first-order valence-electron chi connectivity index (χ1n) is 5.39. The average Bonchev–Trinajstić information content (AvgIpc) is 2.73. The fourth-order valence-electron chi connectivity index (χ4n) is 1.71. The third-order valence-corrected chi connectivity index (χ3v) is 3.24. The Balaban J connectivity index is 1.97. The molecule has 2 N–H and O–H groups in total. The van der Waals surface area contributed by atoms with E-state index in [4.69, 9.17) is 0 Å². The lowest BCUT2D eigenvalue weighted by Crippen LogP contribution is -2.32. The van der Waals surface area contributed by atoms with E-state index in [1.807, 2.05) is 0 Å². The zero-order valence-corrected chi connectivity index (χ0v) is 10.9. The standard InChI is InChI=1S/C10H11BrN4O3/c11-8-3-7(15(17)18)5-13-10(8)12-4-6-1-2-9(16)14-6/h3,5-6H,1-2,4H2,(H,12,13)(H,14,16). The first-order valence-corrected chi connectivity index (χ1v) is 6.18. The van der Waals surface area contributed by atoms with Gasteiger partial charge < -0.3 is 10.6 Å². The Labute approximate surface area is 111 Å². The third-order valence-electron chi connectivity index (χ3n) is 2.64. The molecular formula is C10H11BrN4O3. The second kappa shape index (κ2) is 5.30. The van der Waals surface area contributed by atoms with Crippen LogP contribution < -0.4 is 10.6 Å². The number of pyridine rings is 1. The van der Waals surface area contributed by atoms with E-state index < -0.39 is 4.92 Å². The molecule has 7 nitrogen and oxygen atoms in total. The van der Waals surface area contributed by atoms with E-state index in [1.165, 1.54) is 12.3 Å². The molecule has 18 heavy (non-hydrogen) atoms. The Bertz CT molecular complexity index is 494. The lowest BCUT2D eigenvalue weighted by Gasteiger charge is -2.12. The summed E-state index contributed by atoms with van der Waals surface area (Å²) in [6.45, 7) is 0.551. The first-order chi connectivity index (χ1) is 8.56. The molecule has 96 valence electrons. The molecule has 8 heteroatoms. The van der Waals surface area contributed by atoms with Crippen LogP contribution in [0.1, 0.15) is 12.8 Å². The van der Waals surface area contributed by atoms with Gasteiger partial charge in [-0.1, -0.05) is 0 Å². The highest BCUT2D eigenvalue weighted by molar-refractivity contribution is 9.10. The summed E-state index contributed by atoms with van der Waals surface area (Å²) in [6.07, 6.45) is 2.53. The SMILES string of the molecule is O=C1CCC(CNc2ncc([N+](=O)[O-])cc2Br)N1. The second-order valence-corrected chi connectivity index (χ2v) is 4.82. The highest BCUT2D eigenvalue weighted by atomic mass is 79.9. The quantitative estimate of drug-likeness (QED) is 0.647. The molecule has 1 aromatic heterocycles. The molecule has 1 aliphatic heterocycles. The largest absolute Gasteiger partial charge is 0.367 e. The highest BCUT2D eigenvalue weighted by Gasteiger charge is 2.20. The van der Waals surface area contributed by atoms with E-state index in [-0.39, 0.29) is 17.6 Å². The van der Waals surface area contributed by atoms with E-state index >= 15 is 0 Å². The summed E-state index contributed by atoms with van der Waals surface area (Å²) >= 11 is 3.22. The van der Waals surface area contributed by atoms with Crippen molar-refractivity contribution in [3.8, 4) is 0 Å². The maximum Gasteiger partial charge on any atom is 0.288 e. The molecule has 1 aromatic rings. The molecule has 1 fully saturated rings. The number of carbonyl (C=O) groups is 1. The van der Waals surface area contributed by atoms with E-state index in [9.17, 15) is 14.9 Å². The van der Waals surface area contributed by atoms with E-state index in [0.717, 1.165) is 6.42 Å². The predicted molar refractivity (Wildman–Crippen MR) is 68.2 cm³/mol. The van der Waals surface area contributed by atoms with Crippen molar-refractivity contribution in [3.05, 3.63) is 26.9 Å². The molecule has 2 rings (SSSR count). The molecule has 0 bridgehead atoms. The lowest BCUT2D eigenvalue weighted by atomic mass is 10.2. The van der Waals surface area contributed by atoms with Crippen molar-refractivity contribution in [2.24, 2.45) is 0 Å². The smallest absolute Gasteiger partial charge is 0.288 e. The minimum atomic E-state index is -0.501. The van der Waals surface area contributed by atoms with Crippen LogP contribution >= 0.6 is 15.9 Å². The Kier molecular flexibility index (Phi) is 3.75. The van der Waals surface area contributed by atoms with Crippen LogP contribution in [0.2, 0.25) is 0 Å². The molecule has 0 spiro atoms. The van der Waals surface area contributed by atoms with Gasteiger partial charge in [0.05, 0.1) is 9.40 Å². The Morgan fingerprint density at radius 1 is 1.67 bits per heavy atom. The van der Waals surface area contributed by atoms with Crippen LogP contribution in [0.3, 0.4) is 0 Å². The number of nitro groups is 1. The minimum absolute atomic E-state index is 0.0533. The van der Waals surface area contributed by atoms with Crippen molar-refractivity contribution in [1.82, 2.24) is 10.3 Å². The fraction of sp³-hybridized carbons (Fsp3) is 0.400. The average molecular weight is 315 g/mol. The number of nitrogens with zero attached hydrogens (tertiary/aromatic N) is 2. The topological polar surface area (TPSA) is 97.2 Å². The van der Waals surface area contributed by atoms with Gasteiger partial charge in [0.1, 0.15) is 12.0 Å². The summed E-state index contributed by atoms with van der Waals surface area (Å²) in [4.78, 5) is 25.0. The van der Waals surface area contributed by atoms with E-state index in [1.54, 1.807) is 0 Å². The number of hydrogen-bond donors (Lipinski definition) is 2. The monoisotopic (exact) mass is 314 g/mol. The molecule has 1 atom stereocenters. The Morgan fingerprint density at radius 3 is 3.00 bits per heavy atom. The Morgan fingerprint density at radius 2 is 2.44 bits per heavy atom. The van der Waals surface area contributed by atoms with Gasteiger partial charge in [0.2, 0.25) is 5.91 Å². The van der Waals surface area contributed by atoms with Gasteiger partial charge in [-0.2, -0.15) is 0 Å². The van der Waals surface area contributed by atoms with Crippen molar-refractivity contribution in [2.75, 3.05) is 11.9 Å². The number of rotatable bonds is 4. The van der Waals surface area contributed by atoms with Crippen LogP contribution in [0.5, 0.6) is 0 Å². The summed E-state index contributed by atoms with van der Waals surface area (Å²) in [5.74, 6) is 0.583. The zero-order chi connectivity index (χ0) is 13.1. The summed E-state index contributed by atoms with van der Waals surface area (Å²) in [7, 11) is 0. The number of amides is 1. The van der Waals surface area contributed by atoms with Crippen molar-refractivity contribution in [1.29, 1.82) is 0 Å². The second-order valence-electron chi connectivity index (χ2n) is 3.97. The minimum Gasteiger partial charge on any atom is -0.367 e. The molecule has 1 unspecified atom stereocenters. The summed E-state index contributed by atoms with van der Waals surface area (Å²) in [5.41, 5.74) is -0.0680. The first kappa shape index (κ1) is 12.7. The van der Waals surface area contributed by atoms with Gasteiger partial charge in [0, 0.05) is 25.1 Å². The maximum absolute atomic E-state index is 11.0. The number of aromatic nitrogens is 1. The van der Waals surface area contributed by atoms with Crippen molar-refractivity contribution in [2.45, 2.75) is 18.9 Å². The van der Waals surface area contributed by atoms with Gasteiger partial charge in [-0.05, 0) is 22.4 Å². The van der Waals surface area contributed by atoms with Crippen LogP contribution in [0.25, 0.3) is 0 Å². The lowest BCUT2D eigenvalue weighted by molar-refractivity contribution is -0.385. The van der Waals surface area contributed by atoms with Gasteiger partial charge in [-0.15, -0.1) is 0 Å². The van der Waals surface area contributed by atoms with Crippen molar-refractivity contribution >= 4 is 33.3 Å². The number of anilines is 1. The van der Waals surface area contributed by atoms with Crippen LogP contribution in [0, 0.1) is 10.1 Å².